The van der Waals surface area contributed by atoms with Crippen molar-refractivity contribution >= 4 is 0 Å². The molecule has 0 heterocycles. The number of para-hydroxylation sites is 1. The number of aliphatic hydroxyl groups is 1. The second-order valence-electron chi connectivity index (χ2n) is 3.84. The highest BCUT2D eigenvalue weighted by Crippen LogP contribution is 2.25. The van der Waals surface area contributed by atoms with E-state index in [1.807, 2.05) is 36.4 Å². The third-order valence-corrected chi connectivity index (χ3v) is 2.57. The Bertz CT molecular complexity index is 546. The Morgan fingerprint density at radius 3 is 2.44 bits per heavy atom. The largest absolute Gasteiger partial charge is 0.488 e. The predicted molar refractivity (Wildman–Crippen MR) is 67.8 cm³/mol. The van der Waals surface area contributed by atoms with Crippen molar-refractivity contribution in [2.45, 2.75) is 12.7 Å². The minimum Gasteiger partial charge on any atom is -0.488 e. The number of hydrogen-bond acceptors (Lipinski definition) is 3. The lowest BCUT2D eigenvalue weighted by Crippen LogP contribution is -2.01. The molecule has 1 N–H and O–H groups in total. The van der Waals surface area contributed by atoms with E-state index in [-0.39, 0.29) is 0 Å². The summed E-state index contributed by atoms with van der Waals surface area (Å²) >= 11 is 0. The number of nitrogens with zero attached hydrogens (tertiary/aromatic N) is 1. The Morgan fingerprint density at radius 1 is 1.06 bits per heavy atom. The van der Waals surface area contributed by atoms with Crippen molar-refractivity contribution in [1.82, 2.24) is 0 Å². The molecule has 0 aliphatic rings. The summed E-state index contributed by atoms with van der Waals surface area (Å²) in [5.74, 6) is 0.537. The van der Waals surface area contributed by atoms with Crippen molar-refractivity contribution in [2.24, 2.45) is 0 Å². The van der Waals surface area contributed by atoms with Gasteiger partial charge in [0.15, 0.2) is 6.10 Å². The van der Waals surface area contributed by atoms with E-state index in [0.717, 1.165) is 5.56 Å². The second-order valence-corrected chi connectivity index (χ2v) is 3.84. The molecule has 0 saturated carbocycles. The van der Waals surface area contributed by atoms with Crippen LogP contribution in [0.3, 0.4) is 0 Å². The summed E-state index contributed by atoms with van der Waals surface area (Å²) in [7, 11) is 0. The monoisotopic (exact) mass is 239 g/mol. The zero-order chi connectivity index (χ0) is 12.8. The van der Waals surface area contributed by atoms with Gasteiger partial charge in [-0.15, -0.1) is 0 Å². The molecule has 90 valence electrons. The van der Waals surface area contributed by atoms with Crippen molar-refractivity contribution in [1.29, 1.82) is 5.26 Å². The molecule has 18 heavy (non-hydrogen) atoms. The molecule has 3 heteroatoms. The van der Waals surface area contributed by atoms with Crippen LogP contribution in [0.15, 0.2) is 54.6 Å². The van der Waals surface area contributed by atoms with E-state index in [2.05, 4.69) is 0 Å². The summed E-state index contributed by atoms with van der Waals surface area (Å²) in [5, 5.41) is 18.3. The molecule has 0 fully saturated rings. The van der Waals surface area contributed by atoms with Gasteiger partial charge in [0.05, 0.1) is 6.07 Å². The number of rotatable bonds is 4. The summed E-state index contributed by atoms with van der Waals surface area (Å²) in [6, 6.07) is 18.6. The van der Waals surface area contributed by atoms with Crippen LogP contribution in [0.2, 0.25) is 0 Å². The van der Waals surface area contributed by atoms with Crippen LogP contribution in [-0.4, -0.2) is 5.11 Å². The van der Waals surface area contributed by atoms with E-state index in [1.54, 1.807) is 24.3 Å². The van der Waals surface area contributed by atoms with Gasteiger partial charge in [-0.2, -0.15) is 5.26 Å². The third kappa shape index (κ3) is 2.88. The third-order valence-electron chi connectivity index (χ3n) is 2.57. The lowest BCUT2D eigenvalue weighted by atomic mass is 10.1. The van der Waals surface area contributed by atoms with Gasteiger partial charge in [0.2, 0.25) is 0 Å². The highest BCUT2D eigenvalue weighted by molar-refractivity contribution is 5.37. The predicted octanol–water partition coefficient (Wildman–Crippen LogP) is 2.82. The Balaban J connectivity index is 2.13. The molecule has 1 atom stereocenters. The Kier molecular flexibility index (Phi) is 3.95. The molecule has 0 radical (unpaired) electrons. The van der Waals surface area contributed by atoms with Gasteiger partial charge >= 0.3 is 0 Å². The van der Waals surface area contributed by atoms with Gasteiger partial charge in [-0.25, -0.2) is 0 Å². The van der Waals surface area contributed by atoms with Gasteiger partial charge in [-0.1, -0.05) is 48.5 Å². The molecule has 0 aromatic heterocycles. The Morgan fingerprint density at radius 2 is 1.72 bits per heavy atom. The fourth-order valence-electron chi connectivity index (χ4n) is 1.64. The standard InChI is InChI=1S/C15H13NO2/c16-10-14(17)13-8-4-5-9-15(13)18-11-12-6-2-1-3-7-12/h1-9,14,17H,11H2/t14-/m1/s1. The van der Waals surface area contributed by atoms with E-state index < -0.39 is 6.10 Å². The first kappa shape index (κ1) is 12.2. The maximum absolute atomic E-state index is 9.57. The number of nitriles is 1. The first-order valence-electron chi connectivity index (χ1n) is 5.64. The van der Waals surface area contributed by atoms with Crippen molar-refractivity contribution in [3.8, 4) is 11.8 Å². The number of hydrogen-bond donors (Lipinski definition) is 1. The van der Waals surface area contributed by atoms with Crippen molar-refractivity contribution in [3.05, 3.63) is 65.7 Å². The minimum atomic E-state index is -1.16. The SMILES string of the molecule is N#C[C@@H](O)c1ccccc1OCc1ccccc1. The molecule has 0 bridgehead atoms. The zero-order valence-electron chi connectivity index (χ0n) is 9.78. The fraction of sp³-hybridized carbons (Fsp3) is 0.133. The second kappa shape index (κ2) is 5.85. The lowest BCUT2D eigenvalue weighted by molar-refractivity contribution is 0.223. The van der Waals surface area contributed by atoms with Gasteiger partial charge < -0.3 is 9.84 Å². The maximum atomic E-state index is 9.57. The zero-order valence-corrected chi connectivity index (χ0v) is 9.78. The van der Waals surface area contributed by atoms with Crippen LogP contribution >= 0.6 is 0 Å². The molecule has 3 nitrogen and oxygen atoms in total. The van der Waals surface area contributed by atoms with Crippen molar-refractivity contribution < 1.29 is 9.84 Å². The van der Waals surface area contributed by atoms with Gasteiger partial charge in [-0.3, -0.25) is 0 Å². The van der Waals surface area contributed by atoms with Crippen molar-refractivity contribution in [2.75, 3.05) is 0 Å². The van der Waals surface area contributed by atoms with E-state index in [9.17, 15) is 5.11 Å². The normalized spacial score (nSPS) is 11.6. The van der Waals surface area contributed by atoms with Gasteiger partial charge in [-0.05, 0) is 11.6 Å². The van der Waals surface area contributed by atoms with E-state index in [1.165, 1.54) is 0 Å². The molecular formula is C15H13NO2. The molecule has 0 aliphatic heterocycles. The quantitative estimate of drug-likeness (QED) is 0.835. The summed E-state index contributed by atoms with van der Waals surface area (Å²) in [5.41, 5.74) is 1.54. The maximum Gasteiger partial charge on any atom is 0.169 e. The number of aliphatic hydroxyl groups excluding tert-OH is 1. The molecule has 0 aliphatic carbocycles. The highest BCUT2D eigenvalue weighted by Gasteiger charge is 2.11. The van der Waals surface area contributed by atoms with Crippen LogP contribution in [0.1, 0.15) is 17.2 Å². The molecule has 2 aromatic rings. The molecule has 0 amide bonds. The van der Waals surface area contributed by atoms with Crippen LogP contribution in [0.25, 0.3) is 0 Å². The van der Waals surface area contributed by atoms with Crippen LogP contribution in [0.5, 0.6) is 5.75 Å². The summed E-state index contributed by atoms with van der Waals surface area (Å²) in [4.78, 5) is 0. The van der Waals surface area contributed by atoms with E-state index >= 15 is 0 Å². The molecule has 2 rings (SSSR count). The average Bonchev–Trinajstić information content (AvgIpc) is 2.45. The molecule has 0 spiro atoms. The van der Waals surface area contributed by atoms with Crippen LogP contribution in [0, 0.1) is 11.3 Å². The highest BCUT2D eigenvalue weighted by atomic mass is 16.5. The fourth-order valence-corrected chi connectivity index (χ4v) is 1.64. The van der Waals surface area contributed by atoms with Gasteiger partial charge in [0.1, 0.15) is 12.4 Å². The molecule has 0 unspecified atom stereocenters. The first-order valence-corrected chi connectivity index (χ1v) is 5.64. The minimum absolute atomic E-state index is 0.413. The number of benzene rings is 2. The average molecular weight is 239 g/mol. The van der Waals surface area contributed by atoms with Crippen LogP contribution in [0.4, 0.5) is 0 Å². The Labute approximate surface area is 106 Å². The summed E-state index contributed by atoms with van der Waals surface area (Å²) < 4.78 is 5.64. The van der Waals surface area contributed by atoms with E-state index in [0.29, 0.717) is 17.9 Å². The lowest BCUT2D eigenvalue weighted by Gasteiger charge is -2.11. The van der Waals surface area contributed by atoms with Crippen LogP contribution < -0.4 is 4.74 Å². The first-order chi connectivity index (χ1) is 8.81. The van der Waals surface area contributed by atoms with Gasteiger partial charge in [0.25, 0.3) is 0 Å². The smallest absolute Gasteiger partial charge is 0.169 e. The summed E-state index contributed by atoms with van der Waals surface area (Å²) in [6.07, 6.45) is -1.16. The van der Waals surface area contributed by atoms with Gasteiger partial charge in [0, 0.05) is 5.56 Å². The van der Waals surface area contributed by atoms with Crippen molar-refractivity contribution in [3.63, 3.8) is 0 Å². The molecular weight excluding hydrogens is 226 g/mol. The van der Waals surface area contributed by atoms with E-state index in [4.69, 9.17) is 10.00 Å². The topological polar surface area (TPSA) is 53.2 Å². The summed E-state index contributed by atoms with van der Waals surface area (Å²) in [6.45, 7) is 0.413. The molecule has 0 saturated heterocycles. The van der Waals surface area contributed by atoms with Crippen LogP contribution in [-0.2, 0) is 6.61 Å². The molecule has 2 aromatic carbocycles. The number of ether oxygens (including phenoxy) is 1. The Hall–Kier alpha value is -2.31.